The summed E-state index contributed by atoms with van der Waals surface area (Å²) in [6, 6.07) is 3.39. The number of benzene rings is 1. The van der Waals surface area contributed by atoms with E-state index in [-0.39, 0.29) is 5.75 Å². The summed E-state index contributed by atoms with van der Waals surface area (Å²) >= 11 is 8.27. The lowest BCUT2D eigenvalue weighted by Crippen LogP contribution is -2.31. The van der Waals surface area contributed by atoms with Crippen LogP contribution in [0.2, 0.25) is 0 Å². The van der Waals surface area contributed by atoms with Gasteiger partial charge in [0.2, 0.25) is 0 Å². The highest BCUT2D eigenvalue weighted by atomic mass is 79.9. The van der Waals surface area contributed by atoms with Gasteiger partial charge in [0.15, 0.2) is 16.6 Å². The maximum absolute atomic E-state index is 9.87. The molecule has 18 heavy (non-hydrogen) atoms. The third-order valence-corrected chi connectivity index (χ3v) is 2.69. The van der Waals surface area contributed by atoms with Gasteiger partial charge in [0.1, 0.15) is 0 Å². The molecule has 0 aliphatic heterocycles. The van der Waals surface area contributed by atoms with Crippen LogP contribution in [0.1, 0.15) is 12.5 Å². The zero-order valence-corrected chi connectivity index (χ0v) is 12.4. The molecule has 1 aromatic rings. The Morgan fingerprint density at radius 2 is 2.33 bits per heavy atom. The summed E-state index contributed by atoms with van der Waals surface area (Å²) in [7, 11) is 1.49. The van der Waals surface area contributed by atoms with Gasteiger partial charge < -0.3 is 15.2 Å². The summed E-state index contributed by atoms with van der Waals surface area (Å²) in [6.45, 7) is 2.65. The maximum Gasteiger partial charge on any atom is 0.186 e. The number of phenolic OH excluding ortho intramolecular Hbond substituents is 1. The first-order valence-electron chi connectivity index (χ1n) is 5.21. The lowest BCUT2D eigenvalue weighted by Gasteiger charge is -2.07. The van der Waals surface area contributed by atoms with E-state index in [1.54, 1.807) is 12.1 Å². The number of nitrogens with zero attached hydrogens (tertiary/aromatic N) is 1. The van der Waals surface area contributed by atoms with Crippen LogP contribution in [-0.4, -0.2) is 30.1 Å². The van der Waals surface area contributed by atoms with Gasteiger partial charge in [-0.1, -0.05) is 15.9 Å². The third-order valence-electron chi connectivity index (χ3n) is 2.00. The van der Waals surface area contributed by atoms with Gasteiger partial charge in [-0.05, 0) is 31.3 Å². The van der Waals surface area contributed by atoms with Crippen molar-refractivity contribution in [3.63, 3.8) is 0 Å². The molecule has 7 heteroatoms. The average molecular weight is 332 g/mol. The average Bonchev–Trinajstić information content (AvgIpc) is 2.33. The molecular formula is C11H14BrN3O2S. The van der Waals surface area contributed by atoms with Crippen molar-refractivity contribution in [1.29, 1.82) is 0 Å². The summed E-state index contributed by atoms with van der Waals surface area (Å²) in [5.41, 5.74) is 3.16. The molecule has 0 aromatic heterocycles. The van der Waals surface area contributed by atoms with Gasteiger partial charge in [-0.25, -0.2) is 0 Å². The van der Waals surface area contributed by atoms with Gasteiger partial charge in [0.25, 0.3) is 0 Å². The molecule has 0 saturated heterocycles. The Morgan fingerprint density at radius 1 is 1.61 bits per heavy atom. The van der Waals surface area contributed by atoms with E-state index in [4.69, 9.17) is 17.0 Å². The number of nitrogens with one attached hydrogen (secondary N) is 2. The number of aromatic hydroxyl groups is 1. The molecule has 0 aliphatic carbocycles. The highest BCUT2D eigenvalue weighted by Gasteiger charge is 2.07. The zero-order valence-electron chi connectivity index (χ0n) is 10.0. The zero-order chi connectivity index (χ0) is 13.5. The molecule has 3 N–H and O–H groups in total. The molecule has 0 spiro atoms. The minimum Gasteiger partial charge on any atom is -0.504 e. The van der Waals surface area contributed by atoms with Crippen LogP contribution in [0, 0.1) is 0 Å². The van der Waals surface area contributed by atoms with Crippen molar-refractivity contribution in [3.8, 4) is 11.5 Å². The van der Waals surface area contributed by atoms with E-state index < -0.39 is 0 Å². The van der Waals surface area contributed by atoms with E-state index in [9.17, 15) is 5.11 Å². The third kappa shape index (κ3) is 4.15. The van der Waals surface area contributed by atoms with Crippen molar-refractivity contribution in [2.45, 2.75) is 6.92 Å². The molecule has 0 atom stereocenters. The van der Waals surface area contributed by atoms with Crippen LogP contribution in [0.3, 0.4) is 0 Å². The highest BCUT2D eigenvalue weighted by Crippen LogP contribution is 2.32. The van der Waals surface area contributed by atoms with Gasteiger partial charge in [-0.2, -0.15) is 5.10 Å². The molecule has 0 heterocycles. The molecular weight excluding hydrogens is 318 g/mol. The monoisotopic (exact) mass is 331 g/mol. The quantitative estimate of drug-likeness (QED) is 0.447. The van der Waals surface area contributed by atoms with Crippen molar-refractivity contribution in [2.24, 2.45) is 5.10 Å². The van der Waals surface area contributed by atoms with Crippen molar-refractivity contribution in [1.82, 2.24) is 10.7 Å². The number of hydrazone groups is 1. The summed E-state index contributed by atoms with van der Waals surface area (Å²) in [4.78, 5) is 0. The van der Waals surface area contributed by atoms with E-state index in [0.29, 0.717) is 16.4 Å². The highest BCUT2D eigenvalue weighted by molar-refractivity contribution is 9.10. The fraction of sp³-hybridized carbons (Fsp3) is 0.273. The number of halogens is 1. The van der Waals surface area contributed by atoms with Crippen molar-refractivity contribution < 1.29 is 9.84 Å². The largest absolute Gasteiger partial charge is 0.504 e. The first-order chi connectivity index (χ1) is 8.58. The topological polar surface area (TPSA) is 65.9 Å². The molecule has 1 aromatic carbocycles. The molecule has 5 nitrogen and oxygen atoms in total. The summed E-state index contributed by atoms with van der Waals surface area (Å²) < 4.78 is 5.82. The van der Waals surface area contributed by atoms with Crippen molar-refractivity contribution >= 4 is 39.5 Å². The Bertz CT molecular complexity index is 466. The van der Waals surface area contributed by atoms with Crippen LogP contribution in [0.4, 0.5) is 0 Å². The number of hydrogen-bond acceptors (Lipinski definition) is 4. The Morgan fingerprint density at radius 3 is 2.94 bits per heavy atom. The van der Waals surface area contributed by atoms with E-state index in [0.717, 1.165) is 11.0 Å². The number of methoxy groups -OCH3 is 1. The lowest BCUT2D eigenvalue weighted by molar-refractivity contribution is 0.373. The van der Waals surface area contributed by atoms with Crippen LogP contribution < -0.4 is 15.5 Å². The summed E-state index contributed by atoms with van der Waals surface area (Å²) in [5, 5.41) is 17.1. The minimum absolute atomic E-state index is 0.0284. The standard InChI is InChI=1S/C11H14BrN3O2S/c1-3-13-11(18)15-14-6-7-4-8(12)5-9(17-2)10(7)16/h4-6,16H,3H2,1-2H3,(H2,13,15,18)/b14-6+. The first kappa shape index (κ1) is 14.7. The van der Waals surface area contributed by atoms with E-state index in [2.05, 4.69) is 31.8 Å². The number of hydrogen-bond donors (Lipinski definition) is 3. The summed E-state index contributed by atoms with van der Waals surface area (Å²) in [6.07, 6.45) is 1.46. The Labute approximate surface area is 119 Å². The van der Waals surface area contributed by atoms with Gasteiger partial charge >= 0.3 is 0 Å². The second kappa shape index (κ2) is 7.17. The van der Waals surface area contributed by atoms with E-state index >= 15 is 0 Å². The molecule has 0 aliphatic rings. The molecule has 98 valence electrons. The Kier molecular flexibility index (Phi) is 5.87. The second-order valence-corrected chi connectivity index (χ2v) is 4.60. The Hall–Kier alpha value is -1.34. The number of thiocarbonyl (C=S) groups is 1. The molecule has 0 amide bonds. The van der Waals surface area contributed by atoms with Gasteiger partial charge in [0, 0.05) is 16.6 Å². The molecule has 0 fully saturated rings. The minimum atomic E-state index is 0.0284. The normalized spacial score (nSPS) is 10.4. The number of ether oxygens (including phenoxy) is 1. The first-order valence-corrected chi connectivity index (χ1v) is 6.42. The van der Waals surface area contributed by atoms with Gasteiger partial charge in [-0.3, -0.25) is 5.43 Å². The van der Waals surface area contributed by atoms with Crippen LogP contribution in [0.25, 0.3) is 0 Å². The van der Waals surface area contributed by atoms with Crippen LogP contribution in [0.15, 0.2) is 21.7 Å². The SMILES string of the molecule is CCNC(=S)N/N=C/c1cc(Br)cc(OC)c1O. The molecule has 0 saturated carbocycles. The molecule has 0 radical (unpaired) electrons. The molecule has 0 unspecified atom stereocenters. The Balaban J connectivity index is 2.81. The van der Waals surface area contributed by atoms with E-state index in [1.807, 2.05) is 6.92 Å². The predicted molar refractivity (Wildman–Crippen MR) is 79.4 cm³/mol. The van der Waals surface area contributed by atoms with Crippen LogP contribution >= 0.6 is 28.1 Å². The molecule has 0 bridgehead atoms. The lowest BCUT2D eigenvalue weighted by atomic mass is 10.2. The van der Waals surface area contributed by atoms with Crippen molar-refractivity contribution in [3.05, 3.63) is 22.2 Å². The number of phenols is 1. The summed E-state index contributed by atoms with van der Waals surface area (Å²) in [5.74, 6) is 0.403. The molecule has 1 rings (SSSR count). The second-order valence-electron chi connectivity index (χ2n) is 3.28. The fourth-order valence-corrected chi connectivity index (χ4v) is 1.86. The predicted octanol–water partition coefficient (Wildman–Crippen LogP) is 1.98. The smallest absolute Gasteiger partial charge is 0.186 e. The van der Waals surface area contributed by atoms with Gasteiger partial charge in [0.05, 0.1) is 13.3 Å². The van der Waals surface area contributed by atoms with Crippen LogP contribution in [0.5, 0.6) is 11.5 Å². The van der Waals surface area contributed by atoms with Crippen molar-refractivity contribution in [2.75, 3.05) is 13.7 Å². The fourth-order valence-electron chi connectivity index (χ4n) is 1.21. The van der Waals surface area contributed by atoms with E-state index in [1.165, 1.54) is 13.3 Å². The van der Waals surface area contributed by atoms with Crippen LogP contribution in [-0.2, 0) is 0 Å². The number of rotatable bonds is 4. The maximum atomic E-state index is 9.87. The van der Waals surface area contributed by atoms with Gasteiger partial charge in [-0.15, -0.1) is 0 Å².